The van der Waals surface area contributed by atoms with E-state index in [9.17, 15) is 13.2 Å². The Hall–Kier alpha value is -5.22. The zero-order valence-electron chi connectivity index (χ0n) is 25.0. The van der Waals surface area contributed by atoms with Crippen molar-refractivity contribution in [2.24, 2.45) is 0 Å². The van der Waals surface area contributed by atoms with Crippen molar-refractivity contribution in [1.82, 2.24) is 0 Å². The monoisotopic (exact) mass is 731 g/mol. The van der Waals surface area contributed by atoms with Gasteiger partial charge in [-0.05, 0) is 40.5 Å². The molecule has 5 aromatic rings. The van der Waals surface area contributed by atoms with Crippen LogP contribution in [-0.4, -0.2) is 16.5 Å². The van der Waals surface area contributed by atoms with E-state index < -0.39 is 134 Å². The van der Waals surface area contributed by atoms with Gasteiger partial charge in [-0.3, -0.25) is 0 Å². The summed E-state index contributed by atoms with van der Waals surface area (Å²) in [7, 11) is 0. The number of halogens is 15. The van der Waals surface area contributed by atoms with Gasteiger partial charge >= 0.3 is 6.28 Å². The lowest BCUT2D eigenvalue weighted by atomic mass is 9.22. The topological polar surface area (TPSA) is 3.01 Å². The molecule has 1 aliphatic heterocycles. The van der Waals surface area contributed by atoms with E-state index in [4.69, 9.17) is 0 Å². The Morgan fingerprint density at radius 2 is 0.843 bits per heavy atom. The van der Waals surface area contributed by atoms with Gasteiger partial charge in [0.15, 0.2) is 58.0 Å². The van der Waals surface area contributed by atoms with E-state index in [2.05, 4.69) is 0 Å². The summed E-state index contributed by atoms with van der Waals surface area (Å²) in [6.07, 6.45) is -6.54. The second kappa shape index (κ2) is 11.4. The highest BCUT2D eigenvalue weighted by Crippen LogP contribution is 2.48. The summed E-state index contributed by atoms with van der Waals surface area (Å²) < 4.78 is 233. The second-order valence-corrected chi connectivity index (χ2v) is 12.0. The van der Waals surface area contributed by atoms with Gasteiger partial charge < -0.3 is 4.49 Å². The molecule has 1 atom stereocenters. The van der Waals surface area contributed by atoms with Crippen molar-refractivity contribution < 1.29 is 70.3 Å². The van der Waals surface area contributed by atoms with Crippen LogP contribution < -0.4 is 16.4 Å². The molecule has 5 aromatic carbocycles. The summed E-state index contributed by atoms with van der Waals surface area (Å²) in [6, 6.07) is 9.26. The van der Waals surface area contributed by atoms with Crippen LogP contribution in [0.5, 0.6) is 0 Å². The van der Waals surface area contributed by atoms with E-state index in [1.165, 1.54) is 43.3 Å². The average Bonchev–Trinajstić information content (AvgIpc) is 3.64. The third-order valence-electron chi connectivity index (χ3n) is 9.51. The number of benzene rings is 5. The molecule has 0 fully saturated rings. The Morgan fingerprint density at radius 1 is 0.471 bits per heavy atom. The predicted octanol–water partition coefficient (Wildman–Crippen LogP) is 7.54. The molecule has 7 rings (SSSR count). The van der Waals surface area contributed by atoms with Crippen LogP contribution in [0.15, 0.2) is 42.5 Å². The van der Waals surface area contributed by atoms with Crippen molar-refractivity contribution in [3.63, 3.8) is 0 Å². The van der Waals surface area contributed by atoms with Crippen molar-refractivity contribution in [2.75, 3.05) is 0 Å². The van der Waals surface area contributed by atoms with E-state index >= 15 is 52.7 Å². The molecule has 0 bridgehead atoms. The Balaban J connectivity index is 1.90. The zero-order valence-corrected chi connectivity index (χ0v) is 25.0. The summed E-state index contributed by atoms with van der Waals surface area (Å²) in [5.41, 5.74) is -8.24. The van der Waals surface area contributed by atoms with Crippen molar-refractivity contribution in [3.8, 4) is 0 Å². The first-order chi connectivity index (χ1) is 24.0. The van der Waals surface area contributed by atoms with Gasteiger partial charge in [-0.15, -0.1) is 0 Å². The first kappa shape index (κ1) is 34.2. The molecule has 2 aliphatic rings. The van der Waals surface area contributed by atoms with Crippen LogP contribution in [0.3, 0.4) is 0 Å². The maximum Gasteiger partial charge on any atom is 0.377 e. The van der Waals surface area contributed by atoms with E-state index in [0.29, 0.717) is 11.1 Å². The number of hydrogen-bond acceptors (Lipinski definition) is 0. The molecule has 0 amide bonds. The van der Waals surface area contributed by atoms with Crippen LogP contribution in [0.25, 0.3) is 0 Å². The van der Waals surface area contributed by atoms with E-state index in [1.807, 2.05) is 0 Å². The van der Waals surface area contributed by atoms with Gasteiger partial charge in [0, 0.05) is 18.1 Å². The normalized spacial score (nSPS) is 15.1. The minimum atomic E-state index is -5.99. The van der Waals surface area contributed by atoms with Gasteiger partial charge in [0.05, 0.1) is 5.92 Å². The van der Waals surface area contributed by atoms with E-state index in [1.54, 1.807) is 0 Å². The third-order valence-corrected chi connectivity index (χ3v) is 9.51. The molecule has 51 heavy (non-hydrogen) atoms. The van der Waals surface area contributed by atoms with Crippen molar-refractivity contribution in [3.05, 3.63) is 152 Å². The number of fused-ring (bicyclic) bond motifs is 5. The van der Waals surface area contributed by atoms with Gasteiger partial charge in [0.1, 0.15) is 40.6 Å². The van der Waals surface area contributed by atoms with Crippen LogP contribution in [0.4, 0.5) is 71.5 Å². The molecule has 1 nitrogen and oxygen atoms in total. The van der Waals surface area contributed by atoms with Gasteiger partial charge in [-0.2, -0.15) is 0 Å². The Bertz CT molecular complexity index is 2190. The SMILES string of the molecule is Cc1ccc2c(c1)C1C(=[N+]2[B-](c2c(F)c(F)c(F)c(F)c2F)(c2c(F)c(F)c(F)c(F)c2F)c2c(F)c(F)c(F)c(F)c2F)Cc2ccccc21. The largest absolute Gasteiger partial charge is 0.408 e. The van der Waals surface area contributed by atoms with Crippen LogP contribution in [0.2, 0.25) is 0 Å². The molecule has 262 valence electrons. The number of rotatable bonds is 4. The summed E-state index contributed by atoms with van der Waals surface area (Å²) in [4.78, 5) is 0. The number of nitrogens with zero attached hydrogens (tertiary/aromatic N) is 1. The fraction of sp³-hybridized carbons (Fsp3) is 0.0882. The molecule has 0 saturated heterocycles. The van der Waals surface area contributed by atoms with Crippen LogP contribution in [-0.2, 0) is 6.42 Å². The molecule has 1 heterocycles. The van der Waals surface area contributed by atoms with Gasteiger partial charge in [0.2, 0.25) is 0 Å². The van der Waals surface area contributed by atoms with E-state index in [-0.39, 0.29) is 15.6 Å². The van der Waals surface area contributed by atoms with Crippen LogP contribution >= 0.6 is 0 Å². The lowest BCUT2D eigenvalue weighted by molar-refractivity contribution is -0.287. The lowest BCUT2D eigenvalue weighted by Gasteiger charge is -2.40. The first-order valence-corrected chi connectivity index (χ1v) is 14.5. The molecule has 17 heteroatoms. The summed E-state index contributed by atoms with van der Waals surface area (Å²) in [6.45, 7) is 1.49. The molecular formula is C34H13BF15N. The highest BCUT2D eigenvalue weighted by atomic mass is 19.2. The average molecular weight is 731 g/mol. The minimum Gasteiger partial charge on any atom is -0.408 e. The molecule has 1 aliphatic carbocycles. The predicted molar refractivity (Wildman–Crippen MR) is 151 cm³/mol. The molecule has 0 saturated carbocycles. The quantitative estimate of drug-likeness (QED) is 0.0779. The smallest absolute Gasteiger partial charge is 0.377 e. The zero-order chi connectivity index (χ0) is 37.2. The number of aryl methyl sites for hydroxylation is 1. The van der Waals surface area contributed by atoms with Gasteiger partial charge in [-0.1, -0.05) is 35.9 Å². The van der Waals surface area contributed by atoms with Crippen LogP contribution in [0.1, 0.15) is 28.2 Å². The summed E-state index contributed by atoms with van der Waals surface area (Å²) in [5.74, 6) is -46.8. The van der Waals surface area contributed by atoms with E-state index in [0.717, 1.165) is 6.07 Å². The standard InChI is InChI=1S/C34H13BF15N/c1-10-6-7-14-13(8-10)16-12-5-3-2-4-11(12)9-15(16)51(14)35(17-20(36)26(42)32(48)27(43)21(17)37,18-22(38)28(44)33(49)29(45)23(18)39)19-24(40)30(46)34(50)31(47)25(19)41/h2-8,16H,9H2,1H3. The highest BCUT2D eigenvalue weighted by Gasteiger charge is 2.61. The summed E-state index contributed by atoms with van der Waals surface area (Å²) >= 11 is 0. The molecule has 0 N–H and O–H groups in total. The molecule has 0 radical (unpaired) electrons. The maximum absolute atomic E-state index is 16.3. The lowest BCUT2D eigenvalue weighted by Crippen LogP contribution is -2.79. The summed E-state index contributed by atoms with van der Waals surface area (Å²) in [5, 5.41) is 0. The Morgan fingerprint density at radius 3 is 1.25 bits per heavy atom. The van der Waals surface area contributed by atoms with Gasteiger partial charge in [-0.25, -0.2) is 65.9 Å². The Kier molecular flexibility index (Phi) is 7.65. The third kappa shape index (κ3) is 4.26. The fourth-order valence-electron chi connectivity index (χ4n) is 7.55. The molecule has 0 aromatic heterocycles. The minimum absolute atomic E-state index is 0.0576. The fourth-order valence-corrected chi connectivity index (χ4v) is 7.55. The van der Waals surface area contributed by atoms with Crippen molar-refractivity contribution >= 4 is 34.1 Å². The highest BCUT2D eigenvalue weighted by molar-refractivity contribution is 7.06. The maximum atomic E-state index is 16.3. The first-order valence-electron chi connectivity index (χ1n) is 14.5. The van der Waals surface area contributed by atoms with Crippen LogP contribution in [0, 0.1) is 94.2 Å². The number of hydrogen-bond donors (Lipinski definition) is 0. The molecular weight excluding hydrogens is 718 g/mol. The second-order valence-electron chi connectivity index (χ2n) is 12.0. The van der Waals surface area contributed by atoms with Crippen molar-refractivity contribution in [1.29, 1.82) is 0 Å². The molecule has 1 unspecified atom stereocenters. The molecule has 0 spiro atoms. The van der Waals surface area contributed by atoms with Gasteiger partial charge in [0.25, 0.3) is 0 Å². The Labute approximate surface area is 275 Å². The van der Waals surface area contributed by atoms with Crippen molar-refractivity contribution in [2.45, 2.75) is 19.3 Å².